The molecule has 2 unspecified atom stereocenters. The molecule has 3 aromatic rings. The second kappa shape index (κ2) is 9.98. The van der Waals surface area contributed by atoms with Crippen molar-refractivity contribution < 1.29 is 4.74 Å². The molecule has 1 aliphatic rings. The lowest BCUT2D eigenvalue weighted by atomic mass is 9.87. The van der Waals surface area contributed by atoms with Crippen molar-refractivity contribution in [2.45, 2.75) is 38.1 Å². The summed E-state index contributed by atoms with van der Waals surface area (Å²) in [7, 11) is 4.11. The minimum absolute atomic E-state index is 0.211. The molecular weight excluding hydrogens is 374 g/mol. The van der Waals surface area contributed by atoms with Crippen molar-refractivity contribution in [1.82, 2.24) is 25.2 Å². The second-order valence-corrected chi connectivity index (χ2v) is 8.33. The van der Waals surface area contributed by atoms with E-state index in [2.05, 4.69) is 93.9 Å². The molecule has 6 nitrogen and oxygen atoms in total. The first-order valence-corrected chi connectivity index (χ1v) is 10.6. The summed E-state index contributed by atoms with van der Waals surface area (Å²) in [5, 5.41) is 11.6. The Morgan fingerprint density at radius 2 is 1.70 bits per heavy atom. The van der Waals surface area contributed by atoms with E-state index in [1.807, 2.05) is 6.07 Å². The van der Waals surface area contributed by atoms with Crippen molar-refractivity contribution in [3.8, 4) is 0 Å². The first-order chi connectivity index (χ1) is 14.7. The summed E-state index contributed by atoms with van der Waals surface area (Å²) in [6.07, 6.45) is 1.22. The van der Waals surface area contributed by atoms with Gasteiger partial charge in [0, 0.05) is 32.1 Å². The molecule has 30 heavy (non-hydrogen) atoms. The van der Waals surface area contributed by atoms with Gasteiger partial charge < -0.3 is 9.64 Å². The van der Waals surface area contributed by atoms with Gasteiger partial charge >= 0.3 is 0 Å². The maximum absolute atomic E-state index is 6.43. The molecule has 1 fully saturated rings. The molecule has 1 aromatic heterocycles. The van der Waals surface area contributed by atoms with Crippen LogP contribution in [0.15, 0.2) is 60.7 Å². The highest BCUT2D eigenvalue weighted by molar-refractivity contribution is 5.23. The maximum Gasteiger partial charge on any atom is 0.101 e. The Kier molecular flexibility index (Phi) is 6.89. The monoisotopic (exact) mass is 405 g/mol. The fraction of sp³-hybridized carbons (Fsp3) is 0.417. The molecule has 1 saturated heterocycles. The topological polar surface area (TPSA) is 57.3 Å². The Morgan fingerprint density at radius 3 is 2.43 bits per heavy atom. The van der Waals surface area contributed by atoms with E-state index in [1.165, 1.54) is 11.1 Å². The molecule has 0 saturated carbocycles. The van der Waals surface area contributed by atoms with Crippen LogP contribution in [0.3, 0.4) is 0 Å². The van der Waals surface area contributed by atoms with Crippen LogP contribution in [0.5, 0.6) is 0 Å². The molecule has 158 valence electrons. The molecular formula is C24H31N5O. The van der Waals surface area contributed by atoms with Crippen LogP contribution in [-0.4, -0.2) is 58.5 Å². The van der Waals surface area contributed by atoms with E-state index in [1.54, 1.807) is 0 Å². The Labute approximate surface area is 178 Å². The molecule has 0 amide bonds. The predicted molar refractivity (Wildman–Crippen MR) is 118 cm³/mol. The van der Waals surface area contributed by atoms with Gasteiger partial charge in [-0.2, -0.15) is 15.4 Å². The number of rotatable bonds is 8. The lowest BCUT2D eigenvalue weighted by Gasteiger charge is -2.38. The quantitative estimate of drug-likeness (QED) is 0.622. The van der Waals surface area contributed by atoms with Gasteiger partial charge in [0.05, 0.1) is 12.7 Å². The fourth-order valence-electron chi connectivity index (χ4n) is 4.18. The van der Waals surface area contributed by atoms with E-state index in [0.29, 0.717) is 12.5 Å². The van der Waals surface area contributed by atoms with Crippen molar-refractivity contribution in [2.24, 2.45) is 0 Å². The van der Waals surface area contributed by atoms with Gasteiger partial charge in [-0.3, -0.25) is 4.90 Å². The average Bonchev–Trinajstić information content (AvgIpc) is 3.20. The number of piperidine rings is 1. The standard InChI is InChI=1S/C24H31N5O/c1-28(2)16-22-23(26-27-25-22)17-29-14-13-24(30-18-19-9-5-3-6-10-19)21(15-29)20-11-7-4-8-12-20/h3-12,21,24H,13-18H2,1-2H3,(H,25,26,27). The van der Waals surface area contributed by atoms with Crippen LogP contribution in [0, 0.1) is 0 Å². The Morgan fingerprint density at radius 1 is 1.00 bits per heavy atom. The summed E-state index contributed by atoms with van der Waals surface area (Å²) in [5.74, 6) is 0.341. The largest absolute Gasteiger partial charge is 0.373 e. The first kappa shape index (κ1) is 20.7. The highest BCUT2D eigenvalue weighted by Crippen LogP contribution is 2.31. The molecule has 2 atom stereocenters. The van der Waals surface area contributed by atoms with Gasteiger partial charge in [0.25, 0.3) is 0 Å². The fourth-order valence-corrected chi connectivity index (χ4v) is 4.18. The van der Waals surface area contributed by atoms with Crippen LogP contribution in [0.25, 0.3) is 0 Å². The smallest absolute Gasteiger partial charge is 0.101 e. The average molecular weight is 406 g/mol. The van der Waals surface area contributed by atoms with Crippen LogP contribution >= 0.6 is 0 Å². The number of hydrogen-bond donors (Lipinski definition) is 1. The minimum Gasteiger partial charge on any atom is -0.373 e. The van der Waals surface area contributed by atoms with Gasteiger partial charge in [-0.15, -0.1) is 0 Å². The van der Waals surface area contributed by atoms with E-state index in [-0.39, 0.29) is 6.10 Å². The molecule has 2 aromatic carbocycles. The Bertz CT molecular complexity index is 896. The molecule has 0 spiro atoms. The number of benzene rings is 2. The third-order valence-corrected chi connectivity index (χ3v) is 5.71. The van der Waals surface area contributed by atoms with E-state index in [9.17, 15) is 0 Å². The second-order valence-electron chi connectivity index (χ2n) is 8.33. The van der Waals surface area contributed by atoms with Gasteiger partial charge in [-0.25, -0.2) is 0 Å². The maximum atomic E-state index is 6.43. The number of nitrogens with zero attached hydrogens (tertiary/aromatic N) is 4. The van der Waals surface area contributed by atoms with E-state index < -0.39 is 0 Å². The van der Waals surface area contributed by atoms with Crippen molar-refractivity contribution in [3.05, 3.63) is 83.2 Å². The van der Waals surface area contributed by atoms with Gasteiger partial charge in [0.1, 0.15) is 11.4 Å². The Hall–Kier alpha value is -2.54. The van der Waals surface area contributed by atoms with E-state index in [4.69, 9.17) is 4.74 Å². The zero-order valence-corrected chi connectivity index (χ0v) is 17.9. The van der Waals surface area contributed by atoms with Gasteiger partial charge in [-0.05, 0) is 31.6 Å². The number of H-pyrrole nitrogens is 1. The summed E-state index contributed by atoms with van der Waals surface area (Å²) in [6, 6.07) is 21.2. The van der Waals surface area contributed by atoms with Crippen molar-refractivity contribution in [1.29, 1.82) is 0 Å². The predicted octanol–water partition coefficient (Wildman–Crippen LogP) is 3.44. The van der Waals surface area contributed by atoms with Crippen LogP contribution in [0.4, 0.5) is 0 Å². The lowest BCUT2D eigenvalue weighted by Crippen LogP contribution is -2.42. The number of hydrogen-bond acceptors (Lipinski definition) is 5. The molecule has 1 aliphatic heterocycles. The van der Waals surface area contributed by atoms with Crippen molar-refractivity contribution in [2.75, 3.05) is 27.2 Å². The minimum atomic E-state index is 0.211. The van der Waals surface area contributed by atoms with E-state index >= 15 is 0 Å². The van der Waals surface area contributed by atoms with Crippen LogP contribution < -0.4 is 0 Å². The molecule has 0 aliphatic carbocycles. The van der Waals surface area contributed by atoms with Crippen molar-refractivity contribution >= 4 is 0 Å². The zero-order valence-electron chi connectivity index (χ0n) is 17.9. The number of aromatic amines is 1. The van der Waals surface area contributed by atoms with Gasteiger partial charge in [0.15, 0.2) is 0 Å². The third-order valence-electron chi connectivity index (χ3n) is 5.71. The highest BCUT2D eigenvalue weighted by Gasteiger charge is 2.31. The van der Waals surface area contributed by atoms with Gasteiger partial charge in [0.2, 0.25) is 0 Å². The highest BCUT2D eigenvalue weighted by atomic mass is 16.5. The van der Waals surface area contributed by atoms with E-state index in [0.717, 1.165) is 44.0 Å². The third kappa shape index (κ3) is 5.33. The molecule has 6 heteroatoms. The molecule has 1 N–H and O–H groups in total. The number of aromatic nitrogens is 3. The summed E-state index contributed by atoms with van der Waals surface area (Å²) in [4.78, 5) is 4.61. The number of nitrogens with one attached hydrogen (secondary N) is 1. The molecule has 0 bridgehead atoms. The summed E-state index contributed by atoms with van der Waals surface area (Å²) in [6.45, 7) is 4.22. The van der Waals surface area contributed by atoms with Crippen LogP contribution in [0.2, 0.25) is 0 Å². The first-order valence-electron chi connectivity index (χ1n) is 10.6. The van der Waals surface area contributed by atoms with Crippen LogP contribution in [-0.2, 0) is 24.4 Å². The van der Waals surface area contributed by atoms with Crippen LogP contribution in [0.1, 0.15) is 34.9 Å². The summed E-state index contributed by atoms with van der Waals surface area (Å²) in [5.41, 5.74) is 4.63. The number of likely N-dealkylation sites (tertiary alicyclic amines) is 1. The zero-order chi connectivity index (χ0) is 20.8. The van der Waals surface area contributed by atoms with Gasteiger partial charge in [-0.1, -0.05) is 60.7 Å². The summed E-state index contributed by atoms with van der Waals surface area (Å²) < 4.78 is 6.43. The summed E-state index contributed by atoms with van der Waals surface area (Å²) >= 11 is 0. The molecule has 2 heterocycles. The van der Waals surface area contributed by atoms with Crippen molar-refractivity contribution in [3.63, 3.8) is 0 Å². The normalized spacial score (nSPS) is 20.0. The molecule has 0 radical (unpaired) electrons. The SMILES string of the molecule is CN(C)Cc1n[nH]nc1CN1CCC(OCc2ccccc2)C(c2ccccc2)C1. The molecule has 4 rings (SSSR count). The number of ether oxygens (including phenoxy) is 1. The lowest BCUT2D eigenvalue weighted by molar-refractivity contribution is -0.0200. The Balaban J connectivity index is 1.45.